The lowest BCUT2D eigenvalue weighted by atomic mass is 10.1. The van der Waals surface area contributed by atoms with E-state index in [1.54, 1.807) is 43.0 Å². The fraction of sp³-hybridized carbons (Fsp3) is 0.500. The molecular formula is C28H39NO4S. The number of nitrogens with one attached hydrogen (secondary N) is 1. The zero-order valence-corrected chi connectivity index (χ0v) is 21.7. The maximum absolute atomic E-state index is 12.8. The molecule has 2 aromatic carbocycles. The maximum atomic E-state index is 12.8. The van der Waals surface area contributed by atoms with E-state index in [-0.39, 0.29) is 5.91 Å². The second kappa shape index (κ2) is 16.2. The van der Waals surface area contributed by atoms with Gasteiger partial charge in [-0.2, -0.15) is 0 Å². The van der Waals surface area contributed by atoms with Gasteiger partial charge in [-0.3, -0.25) is 4.79 Å². The second-order valence-corrected chi connectivity index (χ2v) is 9.47. The first-order chi connectivity index (χ1) is 16.6. The van der Waals surface area contributed by atoms with Crippen LogP contribution in [0.15, 0.2) is 47.4 Å². The number of ether oxygens (including phenoxy) is 2. The van der Waals surface area contributed by atoms with Crippen LogP contribution in [-0.2, 0) is 4.74 Å². The van der Waals surface area contributed by atoms with Gasteiger partial charge in [0.05, 0.1) is 24.5 Å². The van der Waals surface area contributed by atoms with Gasteiger partial charge in [-0.25, -0.2) is 4.79 Å². The third-order valence-electron chi connectivity index (χ3n) is 5.42. The van der Waals surface area contributed by atoms with Crippen molar-refractivity contribution >= 4 is 29.3 Å². The smallest absolute Gasteiger partial charge is 0.338 e. The molecule has 1 amide bonds. The van der Waals surface area contributed by atoms with E-state index in [9.17, 15) is 9.59 Å². The van der Waals surface area contributed by atoms with Crippen molar-refractivity contribution in [3.8, 4) is 5.75 Å². The van der Waals surface area contributed by atoms with E-state index in [4.69, 9.17) is 9.47 Å². The van der Waals surface area contributed by atoms with Crippen molar-refractivity contribution in [2.75, 3.05) is 24.3 Å². The molecule has 0 atom stereocenters. The molecule has 0 bridgehead atoms. The summed E-state index contributed by atoms with van der Waals surface area (Å²) in [4.78, 5) is 25.9. The molecule has 0 spiro atoms. The SMILES string of the molecule is CCCCCCCCCCOc1ccc(C(=O)Nc2cc(C(=O)OCC)ccc2SCC)cc1. The monoisotopic (exact) mass is 485 g/mol. The van der Waals surface area contributed by atoms with Gasteiger partial charge in [0.2, 0.25) is 0 Å². The first kappa shape index (κ1) is 27.8. The molecule has 0 saturated carbocycles. The van der Waals surface area contributed by atoms with Crippen LogP contribution < -0.4 is 10.1 Å². The van der Waals surface area contributed by atoms with Crippen molar-refractivity contribution in [1.82, 2.24) is 0 Å². The molecule has 34 heavy (non-hydrogen) atoms. The highest BCUT2D eigenvalue weighted by Gasteiger charge is 2.14. The summed E-state index contributed by atoms with van der Waals surface area (Å²) in [5, 5.41) is 2.94. The fourth-order valence-corrected chi connectivity index (χ4v) is 4.31. The molecule has 2 aromatic rings. The summed E-state index contributed by atoms with van der Waals surface area (Å²) in [6, 6.07) is 12.4. The molecule has 0 aromatic heterocycles. The third kappa shape index (κ3) is 9.80. The molecule has 0 aliphatic rings. The van der Waals surface area contributed by atoms with E-state index in [0.717, 1.165) is 22.8 Å². The fourth-order valence-electron chi connectivity index (χ4n) is 3.57. The van der Waals surface area contributed by atoms with E-state index in [1.165, 1.54) is 44.9 Å². The largest absolute Gasteiger partial charge is 0.494 e. The van der Waals surface area contributed by atoms with Gasteiger partial charge >= 0.3 is 5.97 Å². The molecule has 0 heterocycles. The Labute approximate surface area is 209 Å². The Bertz CT molecular complexity index is 882. The highest BCUT2D eigenvalue weighted by atomic mass is 32.2. The Hall–Kier alpha value is -2.47. The van der Waals surface area contributed by atoms with Gasteiger partial charge in [-0.05, 0) is 61.6 Å². The highest BCUT2D eigenvalue weighted by molar-refractivity contribution is 7.99. The molecule has 6 heteroatoms. The van der Waals surface area contributed by atoms with Crippen LogP contribution in [-0.4, -0.2) is 30.8 Å². The normalized spacial score (nSPS) is 10.7. The summed E-state index contributed by atoms with van der Waals surface area (Å²) in [5.74, 6) is 0.996. The van der Waals surface area contributed by atoms with Crippen LogP contribution in [0.1, 0.15) is 92.9 Å². The maximum Gasteiger partial charge on any atom is 0.338 e. The van der Waals surface area contributed by atoms with E-state index < -0.39 is 5.97 Å². The Morgan fingerprint density at radius 3 is 2.12 bits per heavy atom. The lowest BCUT2D eigenvalue weighted by Crippen LogP contribution is -2.14. The molecule has 0 aliphatic heterocycles. The van der Waals surface area contributed by atoms with Crippen molar-refractivity contribution in [2.45, 2.75) is 77.0 Å². The molecule has 0 radical (unpaired) electrons. The lowest BCUT2D eigenvalue weighted by Gasteiger charge is -2.13. The van der Waals surface area contributed by atoms with Gasteiger partial charge in [-0.15, -0.1) is 11.8 Å². The number of unbranched alkanes of at least 4 members (excludes halogenated alkanes) is 7. The van der Waals surface area contributed by atoms with Crippen LogP contribution in [0.3, 0.4) is 0 Å². The molecule has 0 aliphatic carbocycles. The van der Waals surface area contributed by atoms with Crippen LogP contribution in [0.25, 0.3) is 0 Å². The predicted octanol–water partition coefficient (Wildman–Crippen LogP) is 7.75. The van der Waals surface area contributed by atoms with Crippen LogP contribution in [0.5, 0.6) is 5.75 Å². The quantitative estimate of drug-likeness (QED) is 0.150. The molecule has 2 rings (SSSR count). The number of esters is 1. The van der Waals surface area contributed by atoms with Crippen molar-refractivity contribution in [1.29, 1.82) is 0 Å². The van der Waals surface area contributed by atoms with E-state index in [0.29, 0.717) is 30.0 Å². The third-order valence-corrected chi connectivity index (χ3v) is 6.38. The zero-order chi connectivity index (χ0) is 24.6. The number of hydrogen-bond donors (Lipinski definition) is 1. The first-order valence-corrected chi connectivity index (χ1v) is 13.6. The average molecular weight is 486 g/mol. The average Bonchev–Trinajstić information content (AvgIpc) is 2.84. The van der Waals surface area contributed by atoms with Crippen molar-refractivity contribution in [2.24, 2.45) is 0 Å². The number of carbonyl (C=O) groups is 2. The summed E-state index contributed by atoms with van der Waals surface area (Å²) in [6.07, 6.45) is 10.1. The Morgan fingerprint density at radius 2 is 1.47 bits per heavy atom. The Kier molecular flexibility index (Phi) is 13.2. The number of carbonyl (C=O) groups excluding carboxylic acids is 2. The lowest BCUT2D eigenvalue weighted by molar-refractivity contribution is 0.0526. The number of rotatable bonds is 16. The number of anilines is 1. The summed E-state index contributed by atoms with van der Waals surface area (Å²) < 4.78 is 10.9. The molecule has 0 fully saturated rings. The van der Waals surface area contributed by atoms with Crippen LogP contribution >= 0.6 is 11.8 Å². The van der Waals surface area contributed by atoms with Crippen molar-refractivity contribution in [3.63, 3.8) is 0 Å². The van der Waals surface area contributed by atoms with E-state index in [2.05, 4.69) is 12.2 Å². The summed E-state index contributed by atoms with van der Waals surface area (Å²) in [6.45, 7) is 7.05. The minimum Gasteiger partial charge on any atom is -0.494 e. The van der Waals surface area contributed by atoms with Crippen molar-refractivity contribution in [3.05, 3.63) is 53.6 Å². The van der Waals surface area contributed by atoms with Gasteiger partial charge in [0.1, 0.15) is 5.75 Å². The van der Waals surface area contributed by atoms with Gasteiger partial charge in [-0.1, -0.05) is 58.8 Å². The van der Waals surface area contributed by atoms with Crippen LogP contribution in [0, 0.1) is 0 Å². The topological polar surface area (TPSA) is 64.6 Å². The van der Waals surface area contributed by atoms with Crippen LogP contribution in [0.2, 0.25) is 0 Å². The van der Waals surface area contributed by atoms with E-state index in [1.807, 2.05) is 25.1 Å². The summed E-state index contributed by atoms with van der Waals surface area (Å²) in [7, 11) is 0. The number of amides is 1. The molecular weight excluding hydrogens is 446 g/mol. The number of benzene rings is 2. The Balaban J connectivity index is 1.86. The minimum atomic E-state index is -0.399. The minimum absolute atomic E-state index is 0.228. The first-order valence-electron chi connectivity index (χ1n) is 12.6. The predicted molar refractivity (Wildman–Crippen MR) is 141 cm³/mol. The molecule has 186 valence electrons. The molecule has 1 N–H and O–H groups in total. The molecule has 0 unspecified atom stereocenters. The van der Waals surface area contributed by atoms with Gasteiger partial charge in [0.15, 0.2) is 0 Å². The number of thioether (sulfide) groups is 1. The van der Waals surface area contributed by atoms with Gasteiger partial charge in [0.25, 0.3) is 5.91 Å². The molecule has 0 saturated heterocycles. The summed E-state index contributed by atoms with van der Waals surface area (Å²) in [5.41, 5.74) is 1.56. The van der Waals surface area contributed by atoms with Crippen molar-refractivity contribution < 1.29 is 19.1 Å². The highest BCUT2D eigenvalue weighted by Crippen LogP contribution is 2.29. The standard InChI is InChI=1S/C28H39NO4S/c1-4-7-8-9-10-11-12-13-20-33-24-17-14-22(15-18-24)27(30)29-25-21-23(28(31)32-5-2)16-19-26(25)34-6-3/h14-19,21H,4-13,20H2,1-3H3,(H,29,30). The summed E-state index contributed by atoms with van der Waals surface area (Å²) >= 11 is 1.61. The van der Waals surface area contributed by atoms with Gasteiger partial charge < -0.3 is 14.8 Å². The zero-order valence-electron chi connectivity index (χ0n) is 20.9. The molecule has 5 nitrogen and oxygen atoms in total. The van der Waals surface area contributed by atoms with E-state index >= 15 is 0 Å². The Morgan fingerprint density at radius 1 is 0.824 bits per heavy atom. The van der Waals surface area contributed by atoms with Gasteiger partial charge in [0, 0.05) is 10.5 Å². The second-order valence-electron chi connectivity index (χ2n) is 8.17. The van der Waals surface area contributed by atoms with Crippen LogP contribution in [0.4, 0.5) is 5.69 Å². The number of hydrogen-bond acceptors (Lipinski definition) is 5.